The molecule has 5 heterocycles. The molecule has 0 aliphatic rings. The molecule has 7 heteroatoms. The van der Waals surface area contributed by atoms with Gasteiger partial charge in [0.15, 0.2) is 0 Å². The van der Waals surface area contributed by atoms with Gasteiger partial charge in [-0.2, -0.15) is 0 Å². The molecular formula is C71H67N5OPt. The molecule has 392 valence electrons. The molecule has 0 amide bonds. The third-order valence-electron chi connectivity index (χ3n) is 16.1. The predicted molar refractivity (Wildman–Crippen MR) is 324 cm³/mol. The average Bonchev–Trinajstić information content (AvgIpc) is 4.33. The molecule has 13 aromatic rings. The van der Waals surface area contributed by atoms with E-state index in [4.69, 9.17) is 13.8 Å². The van der Waals surface area contributed by atoms with Gasteiger partial charge in [-0.3, -0.25) is 0 Å². The van der Waals surface area contributed by atoms with Gasteiger partial charge in [-0.05, 0) is 35.0 Å². The Kier molecular flexibility index (Phi) is 10.4. The molecule has 8 aromatic carbocycles. The Morgan fingerprint density at radius 3 is 1.59 bits per heavy atom. The third kappa shape index (κ3) is 8.07. The van der Waals surface area contributed by atoms with E-state index in [0.717, 1.165) is 75.6 Å². The number of hydrogen-bond donors (Lipinski definition) is 0. The first-order valence-corrected chi connectivity index (χ1v) is 28.3. The number of imidazole rings is 1. The van der Waals surface area contributed by atoms with Crippen molar-refractivity contribution in [1.82, 2.24) is 23.1 Å². The maximum atomic E-state index is 8.98. The molecule has 0 saturated carbocycles. The number of aryl methyl sites for hydroxylation is 1. The number of benzene rings is 8. The Balaban J connectivity index is 1.02. The molecule has 5 aromatic heterocycles. The smallest absolute Gasteiger partial charge is 0.0579 e. The van der Waals surface area contributed by atoms with E-state index in [2.05, 4.69) is 266 Å². The summed E-state index contributed by atoms with van der Waals surface area (Å²) >= 11 is 2.51. The summed E-state index contributed by atoms with van der Waals surface area (Å²) in [5.74, 6) is 1.85. The van der Waals surface area contributed by atoms with Crippen molar-refractivity contribution in [3.05, 3.63) is 202 Å². The summed E-state index contributed by atoms with van der Waals surface area (Å²) in [6, 6.07) is 58.5. The van der Waals surface area contributed by atoms with Crippen molar-refractivity contribution in [2.24, 2.45) is 0 Å². The summed E-state index contributed by atoms with van der Waals surface area (Å²) in [5.41, 5.74) is 15.6. The predicted octanol–water partition coefficient (Wildman–Crippen LogP) is 19.1. The zero-order chi connectivity index (χ0) is 57.0. The van der Waals surface area contributed by atoms with Gasteiger partial charge in [-0.25, -0.2) is 0 Å². The van der Waals surface area contributed by atoms with Crippen molar-refractivity contribution in [2.45, 2.75) is 112 Å². The van der Waals surface area contributed by atoms with E-state index in [1.54, 1.807) is 12.3 Å². The zero-order valence-electron chi connectivity index (χ0n) is 49.6. The molecule has 6 nitrogen and oxygen atoms in total. The summed E-state index contributed by atoms with van der Waals surface area (Å²) in [7, 11) is 0. The van der Waals surface area contributed by atoms with Crippen LogP contribution in [0.5, 0.6) is 11.5 Å². The van der Waals surface area contributed by atoms with Crippen molar-refractivity contribution < 1.29 is 28.2 Å². The fourth-order valence-corrected chi connectivity index (χ4v) is 12.9. The van der Waals surface area contributed by atoms with Gasteiger partial charge in [0.25, 0.3) is 0 Å². The van der Waals surface area contributed by atoms with Crippen molar-refractivity contribution >= 4 is 70.9 Å². The minimum absolute atomic E-state index is 0.0518. The molecule has 78 heavy (non-hydrogen) atoms. The second-order valence-electron chi connectivity index (χ2n) is 25.6. The molecule has 0 aliphatic carbocycles. The number of ether oxygens (including phenoxy) is 1. The number of aromatic nitrogens is 5. The van der Waals surface area contributed by atoms with E-state index in [1.165, 1.54) is 38.4 Å². The average molecular weight is 1200 g/mol. The van der Waals surface area contributed by atoms with Crippen molar-refractivity contribution in [2.75, 3.05) is 0 Å². The van der Waals surface area contributed by atoms with E-state index in [1.807, 2.05) is 12.1 Å². The fraction of sp³-hybridized carbons (Fsp3) is 0.239. The van der Waals surface area contributed by atoms with Crippen LogP contribution in [0.2, 0.25) is 0 Å². The minimum Gasteiger partial charge on any atom is -0.0579 e. The van der Waals surface area contributed by atoms with Crippen LogP contribution in [0.15, 0.2) is 170 Å². The molecule has 0 spiro atoms. The standard InChI is InChI=1S/C71H67N5O.Pt/c1-43-31-66(72-41-59(43)44-25-27-45(28-26-44)68(2,3)4)75-63-38-51(29-30-54(63)57-39-58-56-21-18-20-55-53-19-14-15-22-60(53)76(67(55)56)65(58)40-64(57)75)77-52-36-48(71(11,12)13)35-50(37-52)74-42-73(61-23-16-17-24-62(61)74)49-33-46(69(5,6)7)32-47(34-49)70(8,9)10;/h14-41H,1-13H3;/i1D3;. The molecule has 0 radical (unpaired) electrons. The van der Waals surface area contributed by atoms with E-state index in [0.29, 0.717) is 22.9 Å². The van der Waals surface area contributed by atoms with Crippen LogP contribution in [0, 0.1) is 10.7 Å². The van der Waals surface area contributed by atoms with Crippen LogP contribution in [-0.2, 0) is 41.0 Å². The number of hydrogen-bond acceptors (Lipinski definition) is 2. The summed E-state index contributed by atoms with van der Waals surface area (Å²) < 4.78 is 44.4. The fourth-order valence-electron chi connectivity index (χ4n) is 11.7. The molecule has 0 atom stereocenters. The number of para-hydroxylation sites is 4. The first-order chi connectivity index (χ1) is 38.2. The van der Waals surface area contributed by atoms with Crippen LogP contribution < -0.4 is 4.74 Å². The van der Waals surface area contributed by atoms with Gasteiger partial charge in [0.1, 0.15) is 0 Å². The van der Waals surface area contributed by atoms with Gasteiger partial charge in [-0.15, -0.1) is 0 Å². The van der Waals surface area contributed by atoms with Crippen LogP contribution in [0.4, 0.5) is 0 Å². The SMILES string of the molecule is [2H]C([2H])([2H])c1cc(-n2c3cc(Oc4cc(-n5[c](=[Pt])n(-c6cc(C(C)(C)C)cc(C(C)(C)C)c6)c6ccccc65)cc(C(C)(C)C)c4)ccc3c3cc4c5cccc6c7ccccc7n(c4cc32)c65)ncc1-c1ccc(C(C)(C)C)cc1. The summed E-state index contributed by atoms with van der Waals surface area (Å²) in [6.07, 6.45) is 1.74. The molecule has 0 unspecified atom stereocenters. The van der Waals surface area contributed by atoms with E-state index < -0.39 is 6.85 Å². The van der Waals surface area contributed by atoms with Gasteiger partial charge in [0.05, 0.1) is 16.6 Å². The van der Waals surface area contributed by atoms with Crippen molar-refractivity contribution in [3.8, 4) is 39.8 Å². The Morgan fingerprint density at radius 2 is 0.962 bits per heavy atom. The van der Waals surface area contributed by atoms with Crippen LogP contribution in [-0.4, -0.2) is 23.1 Å². The maximum absolute atomic E-state index is 8.98. The first kappa shape index (κ1) is 46.6. The number of nitrogens with zero attached hydrogens (tertiary/aromatic N) is 5. The molecule has 0 aliphatic heterocycles. The molecule has 0 bridgehead atoms. The number of rotatable bonds is 6. The molecule has 0 N–H and O–H groups in total. The van der Waals surface area contributed by atoms with Crippen LogP contribution >= 0.6 is 0 Å². The quantitative estimate of drug-likeness (QED) is 0.166. The molecule has 0 fully saturated rings. The molecular weight excluding hydrogens is 1130 g/mol. The summed E-state index contributed by atoms with van der Waals surface area (Å²) in [4.78, 5) is 5.20. The number of fused-ring (bicyclic) bond motifs is 10. The van der Waals surface area contributed by atoms with Gasteiger partial charge < -0.3 is 4.40 Å². The van der Waals surface area contributed by atoms with Gasteiger partial charge in [0.2, 0.25) is 0 Å². The normalized spacial score (nSPS) is 13.7. The zero-order valence-corrected chi connectivity index (χ0v) is 48.9. The Morgan fingerprint density at radius 1 is 0.423 bits per heavy atom. The Hall–Kier alpha value is -7.53. The number of pyridine rings is 1. The first-order valence-electron chi connectivity index (χ1n) is 28.7. The van der Waals surface area contributed by atoms with Crippen LogP contribution in [0.3, 0.4) is 0 Å². The van der Waals surface area contributed by atoms with Crippen LogP contribution in [0.25, 0.3) is 99.3 Å². The van der Waals surface area contributed by atoms with E-state index in [-0.39, 0.29) is 27.2 Å². The van der Waals surface area contributed by atoms with Crippen molar-refractivity contribution in [1.29, 1.82) is 0 Å². The van der Waals surface area contributed by atoms with E-state index in [9.17, 15) is 0 Å². The van der Waals surface area contributed by atoms with Crippen LogP contribution in [0.1, 0.15) is 115 Å². The summed E-state index contributed by atoms with van der Waals surface area (Å²) in [6.45, 7) is 24.6. The van der Waals surface area contributed by atoms with Gasteiger partial charge >= 0.3 is 300 Å². The van der Waals surface area contributed by atoms with E-state index >= 15 is 0 Å². The third-order valence-corrected chi connectivity index (χ3v) is 17.1. The topological polar surface area (TPSA) is 41.3 Å². The van der Waals surface area contributed by atoms with Crippen molar-refractivity contribution in [3.63, 3.8) is 0 Å². The Bertz CT molecular complexity index is 4740. The van der Waals surface area contributed by atoms with Gasteiger partial charge in [-0.1, -0.05) is 81.4 Å². The second-order valence-corrected chi connectivity index (χ2v) is 26.6. The molecule has 13 rings (SSSR count). The second kappa shape index (κ2) is 17.5. The van der Waals surface area contributed by atoms with Gasteiger partial charge in [0, 0.05) is 37.4 Å². The Labute approximate surface area is 472 Å². The molecule has 0 saturated heterocycles. The summed E-state index contributed by atoms with van der Waals surface area (Å²) in [5, 5.41) is 6.78. The monoisotopic (exact) mass is 1200 g/mol. The minimum atomic E-state index is -2.44.